The van der Waals surface area contributed by atoms with E-state index < -0.39 is 11.6 Å². The van der Waals surface area contributed by atoms with Crippen LogP contribution in [-0.2, 0) is 21.4 Å². The van der Waals surface area contributed by atoms with E-state index in [0.29, 0.717) is 24.2 Å². The van der Waals surface area contributed by atoms with Crippen molar-refractivity contribution >= 4 is 29.3 Å². The van der Waals surface area contributed by atoms with E-state index in [1.807, 2.05) is 20.8 Å². The number of nitrogens with zero attached hydrogens (tertiary/aromatic N) is 3. The zero-order valence-corrected chi connectivity index (χ0v) is 35.1. The van der Waals surface area contributed by atoms with E-state index in [1.54, 1.807) is 5.57 Å². The van der Waals surface area contributed by atoms with Crippen LogP contribution >= 0.6 is 0 Å². The molecule has 0 radical (unpaired) electrons. The van der Waals surface area contributed by atoms with Crippen molar-refractivity contribution in [2.24, 2.45) is 51.2 Å². The number of carboxylic acid groups (broad SMARTS) is 1. The van der Waals surface area contributed by atoms with Gasteiger partial charge in [0.25, 0.3) is 0 Å². The van der Waals surface area contributed by atoms with Gasteiger partial charge in [-0.25, -0.2) is 9.78 Å². The van der Waals surface area contributed by atoms with Crippen molar-refractivity contribution in [3.05, 3.63) is 40.7 Å². The number of carbonyl (C=O) groups is 2. The number of allylic oxidation sites excluding steroid dienone is 2. The summed E-state index contributed by atoms with van der Waals surface area (Å²) in [6.45, 7) is 24.3. The Labute approximate surface area is 328 Å². The highest BCUT2D eigenvalue weighted by atomic mass is 16.6. The number of nitrogen functional groups attached to an aromatic ring is 1. The fraction of sp³-hybridized carbons (Fsp3) is 0.733. The molecular weight excluding hydrogens is 689 g/mol. The van der Waals surface area contributed by atoms with Gasteiger partial charge in [0, 0.05) is 36.0 Å². The number of fused-ring (bicyclic) bond motifs is 8. The van der Waals surface area contributed by atoms with Gasteiger partial charge in [0.1, 0.15) is 17.2 Å². The SMILES string of the molecule is CC1(C)CC2C3=C(c4ccc(N5CCC(NC(=O)OC(C)(C)C)C5)nc4)CC4C5(C)Cc6c(N)n[nH]c6C(C)(C)C5CCC4(C)C3(C)CCC2[C@H](C(=O)O)C1. The second kappa shape index (κ2) is 12.5. The number of nitrogens with two attached hydrogens (primary N) is 1. The molecule has 1 aliphatic heterocycles. The molecule has 2 aromatic rings. The summed E-state index contributed by atoms with van der Waals surface area (Å²) in [6.07, 6.45) is 10.5. The van der Waals surface area contributed by atoms with Gasteiger partial charge in [0.2, 0.25) is 0 Å². The number of aromatic nitrogens is 3. The number of nitrogens with one attached hydrogen (secondary N) is 2. The first-order valence-electron chi connectivity index (χ1n) is 21.1. The lowest BCUT2D eigenvalue weighted by molar-refractivity contribution is -0.161. The highest BCUT2D eigenvalue weighted by Gasteiger charge is 2.68. The minimum Gasteiger partial charge on any atom is -0.481 e. The Balaban J connectivity index is 1.21. The molecule has 1 amide bonds. The molecule has 8 unspecified atom stereocenters. The standard InChI is InChI=1S/C45H66N6O4/c1-40(2,3)55-39(54)48-26-15-18-51(24-26)34-12-11-25(23-47-34)28-19-33-43(8)22-31-36(49-50-37(31)46)42(6,7)32(43)14-17-44(33,9)45(10)16-13-27-29(35(28)45)20-41(4,5)21-30(27)38(52)53/h11-12,23,26-27,29-30,32-33H,13-22,24H2,1-10H3,(H,48,54)(H,52,53)(H3,46,49,50)/t26?,27?,29?,30-,32?,33?,43?,44?,45?/m1/s1. The number of aliphatic carboxylic acids is 1. The minimum absolute atomic E-state index is 0.00138. The van der Waals surface area contributed by atoms with Crippen molar-refractivity contribution in [1.82, 2.24) is 20.5 Å². The number of pyridine rings is 1. The van der Waals surface area contributed by atoms with Crippen LogP contribution < -0.4 is 16.0 Å². The van der Waals surface area contributed by atoms with Crippen LogP contribution in [0.4, 0.5) is 16.4 Å². The third kappa shape index (κ3) is 5.92. The van der Waals surface area contributed by atoms with Crippen molar-refractivity contribution in [3.63, 3.8) is 0 Å². The largest absolute Gasteiger partial charge is 0.481 e. The third-order valence-electron chi connectivity index (χ3n) is 16.4. The second-order valence-electron chi connectivity index (χ2n) is 21.7. The van der Waals surface area contributed by atoms with Gasteiger partial charge in [0.15, 0.2) is 0 Å². The van der Waals surface area contributed by atoms with Gasteiger partial charge in [-0.1, -0.05) is 54.0 Å². The molecule has 0 spiro atoms. The highest BCUT2D eigenvalue weighted by Crippen LogP contribution is 2.76. The predicted molar refractivity (Wildman–Crippen MR) is 216 cm³/mol. The molecule has 9 atom stereocenters. The van der Waals surface area contributed by atoms with Crippen molar-refractivity contribution in [1.29, 1.82) is 0 Å². The molecular formula is C45H66N6O4. The number of carboxylic acids is 1. The molecule has 10 heteroatoms. The Bertz CT molecular complexity index is 1910. The molecule has 1 saturated heterocycles. The van der Waals surface area contributed by atoms with E-state index in [4.69, 9.17) is 15.5 Å². The van der Waals surface area contributed by atoms with Crippen LogP contribution in [-0.4, -0.2) is 57.1 Å². The molecule has 0 bridgehead atoms. The number of hydrogen-bond acceptors (Lipinski definition) is 7. The predicted octanol–water partition coefficient (Wildman–Crippen LogP) is 8.77. The number of ether oxygens (including phenoxy) is 1. The summed E-state index contributed by atoms with van der Waals surface area (Å²) >= 11 is 0. The minimum atomic E-state index is -0.629. The number of amides is 1. The maximum Gasteiger partial charge on any atom is 0.407 e. The maximum atomic E-state index is 13.0. The number of carbonyl (C=O) groups excluding carboxylic acids is 1. The lowest BCUT2D eigenvalue weighted by Crippen LogP contribution is -2.64. The van der Waals surface area contributed by atoms with Crippen LogP contribution in [0.25, 0.3) is 5.57 Å². The van der Waals surface area contributed by atoms with E-state index in [0.717, 1.165) is 70.2 Å². The zero-order chi connectivity index (χ0) is 39.7. The molecule has 2 aromatic heterocycles. The van der Waals surface area contributed by atoms with Gasteiger partial charge in [-0.15, -0.1) is 0 Å². The molecule has 5 aliphatic carbocycles. The van der Waals surface area contributed by atoms with Gasteiger partial charge < -0.3 is 25.8 Å². The Morgan fingerprint density at radius 3 is 2.44 bits per heavy atom. The van der Waals surface area contributed by atoms with E-state index in [-0.39, 0.29) is 57.0 Å². The van der Waals surface area contributed by atoms with Gasteiger partial charge in [-0.05, 0) is 147 Å². The van der Waals surface area contributed by atoms with Crippen molar-refractivity contribution in [2.45, 2.75) is 144 Å². The van der Waals surface area contributed by atoms with Gasteiger partial charge in [-0.3, -0.25) is 9.89 Å². The number of alkyl carbamates (subject to hydrolysis) is 1. The van der Waals surface area contributed by atoms with Crippen LogP contribution in [0.15, 0.2) is 23.9 Å². The molecule has 3 saturated carbocycles. The molecule has 4 fully saturated rings. The lowest BCUT2D eigenvalue weighted by Gasteiger charge is -2.70. The second-order valence-corrected chi connectivity index (χ2v) is 21.7. The van der Waals surface area contributed by atoms with E-state index in [9.17, 15) is 14.7 Å². The van der Waals surface area contributed by atoms with Gasteiger partial charge >= 0.3 is 12.1 Å². The topological polar surface area (TPSA) is 146 Å². The number of aromatic amines is 1. The van der Waals surface area contributed by atoms with Gasteiger partial charge in [-0.2, -0.15) is 5.10 Å². The monoisotopic (exact) mass is 755 g/mol. The summed E-state index contributed by atoms with van der Waals surface area (Å²) in [7, 11) is 0. The van der Waals surface area contributed by atoms with Crippen molar-refractivity contribution in [2.75, 3.05) is 23.7 Å². The molecule has 0 aromatic carbocycles. The Morgan fingerprint density at radius 1 is 1.02 bits per heavy atom. The highest BCUT2D eigenvalue weighted by molar-refractivity contribution is 5.75. The van der Waals surface area contributed by atoms with Crippen LogP contribution in [0.2, 0.25) is 0 Å². The molecule has 3 heterocycles. The summed E-state index contributed by atoms with van der Waals surface area (Å²) in [6, 6.07) is 4.45. The van der Waals surface area contributed by atoms with Gasteiger partial charge in [0.05, 0.1) is 12.0 Å². The van der Waals surface area contributed by atoms with Crippen molar-refractivity contribution in [3.8, 4) is 0 Å². The molecule has 6 aliphatic rings. The van der Waals surface area contributed by atoms with Crippen LogP contribution in [0.5, 0.6) is 0 Å². The first-order chi connectivity index (χ1) is 25.6. The summed E-state index contributed by atoms with van der Waals surface area (Å²) in [5, 5.41) is 21.6. The van der Waals surface area contributed by atoms with Crippen LogP contribution in [0.3, 0.4) is 0 Å². The number of anilines is 2. The third-order valence-corrected chi connectivity index (χ3v) is 16.4. The molecule has 5 N–H and O–H groups in total. The first-order valence-corrected chi connectivity index (χ1v) is 21.1. The zero-order valence-electron chi connectivity index (χ0n) is 35.1. The quantitative estimate of drug-likeness (QED) is 0.242. The molecule has 55 heavy (non-hydrogen) atoms. The Kier molecular flexibility index (Phi) is 8.69. The average Bonchev–Trinajstić information content (AvgIpc) is 3.69. The molecule has 8 rings (SSSR count). The summed E-state index contributed by atoms with van der Waals surface area (Å²) in [4.78, 5) is 32.9. The lowest BCUT2D eigenvalue weighted by atomic mass is 9.33. The summed E-state index contributed by atoms with van der Waals surface area (Å²) < 4.78 is 5.53. The van der Waals surface area contributed by atoms with E-state index in [1.165, 1.54) is 22.4 Å². The number of hydrogen-bond donors (Lipinski definition) is 4. The Morgan fingerprint density at radius 2 is 1.76 bits per heavy atom. The van der Waals surface area contributed by atoms with Crippen LogP contribution in [0.1, 0.15) is 137 Å². The van der Waals surface area contributed by atoms with Crippen LogP contribution in [0, 0.1) is 51.2 Å². The average molecular weight is 755 g/mol. The van der Waals surface area contributed by atoms with E-state index >= 15 is 0 Å². The number of rotatable bonds is 4. The fourth-order valence-electron chi connectivity index (χ4n) is 14.0. The van der Waals surface area contributed by atoms with Crippen molar-refractivity contribution < 1.29 is 19.4 Å². The molecule has 300 valence electrons. The summed E-state index contributed by atoms with van der Waals surface area (Å²) in [5.74, 6) is 1.83. The normalized spacial score (nSPS) is 37.5. The van der Waals surface area contributed by atoms with E-state index in [2.05, 4.69) is 87.2 Å². The first kappa shape index (κ1) is 38.3. The molecule has 10 nitrogen and oxygen atoms in total. The Hall–Kier alpha value is -3.56. The fourth-order valence-corrected chi connectivity index (χ4v) is 14.0. The smallest absolute Gasteiger partial charge is 0.407 e. The number of H-pyrrole nitrogens is 1. The maximum absolute atomic E-state index is 13.0. The summed E-state index contributed by atoms with van der Waals surface area (Å²) in [5.41, 5.74) is 12.4.